The lowest BCUT2D eigenvalue weighted by Crippen LogP contribution is -2.40. The number of aliphatic imine (C=N–C) groups is 1. The Morgan fingerprint density at radius 3 is 2.52 bits per heavy atom. The Labute approximate surface area is 175 Å². The highest BCUT2D eigenvalue weighted by atomic mass is 16.5. The van der Waals surface area contributed by atoms with Gasteiger partial charge in [0.1, 0.15) is 12.4 Å². The molecule has 0 aliphatic heterocycles. The molecule has 0 heterocycles. The summed E-state index contributed by atoms with van der Waals surface area (Å²) >= 11 is 0. The van der Waals surface area contributed by atoms with Gasteiger partial charge in [-0.3, -0.25) is 4.79 Å². The van der Waals surface area contributed by atoms with Crippen LogP contribution in [0.15, 0.2) is 23.2 Å². The predicted octanol–water partition coefficient (Wildman–Crippen LogP) is 2.72. The van der Waals surface area contributed by atoms with Gasteiger partial charge in [-0.1, -0.05) is 12.1 Å². The molecule has 0 radical (unpaired) electrons. The van der Waals surface area contributed by atoms with E-state index < -0.39 is 0 Å². The number of hydrogen-bond acceptors (Lipinski definition) is 4. The zero-order valence-electron chi connectivity index (χ0n) is 18.7. The van der Waals surface area contributed by atoms with E-state index in [0.717, 1.165) is 36.5 Å². The molecule has 0 saturated heterocycles. The second-order valence-electron chi connectivity index (χ2n) is 6.59. The van der Waals surface area contributed by atoms with Crippen molar-refractivity contribution >= 4 is 11.9 Å². The molecule has 0 saturated carbocycles. The Morgan fingerprint density at radius 2 is 1.86 bits per heavy atom. The monoisotopic (exact) mass is 406 g/mol. The van der Waals surface area contributed by atoms with Crippen LogP contribution in [0.5, 0.6) is 5.75 Å². The average molecular weight is 407 g/mol. The molecule has 29 heavy (non-hydrogen) atoms. The number of nitrogens with zero attached hydrogens (tertiary/aromatic N) is 2. The van der Waals surface area contributed by atoms with Gasteiger partial charge >= 0.3 is 0 Å². The number of carbonyl (C=O) groups excluding carboxylic acids is 1. The summed E-state index contributed by atoms with van der Waals surface area (Å²) < 4.78 is 11.2. The standard InChI is InChI=1S/C22H38N4O3/c1-6-23-22(24-13-12-21(27)26(7-2)8-3)25-17-19-11-10-18(5)16-20(19)29-15-14-28-9-4/h10-11,16H,6-9,12-15,17H2,1-5H3,(H2,23,24,25). The number of ether oxygens (including phenoxy) is 2. The zero-order chi connectivity index (χ0) is 21.5. The summed E-state index contributed by atoms with van der Waals surface area (Å²) in [5.74, 6) is 1.68. The summed E-state index contributed by atoms with van der Waals surface area (Å²) in [5, 5.41) is 6.47. The molecule has 0 spiro atoms. The van der Waals surface area contributed by atoms with E-state index in [1.165, 1.54) is 0 Å². The first-order valence-corrected chi connectivity index (χ1v) is 10.7. The molecule has 0 fully saturated rings. The van der Waals surface area contributed by atoms with Crippen molar-refractivity contribution in [3.05, 3.63) is 29.3 Å². The summed E-state index contributed by atoms with van der Waals surface area (Å²) in [6.07, 6.45) is 0.447. The fraction of sp³-hybridized carbons (Fsp3) is 0.636. The van der Waals surface area contributed by atoms with Crippen LogP contribution in [0.2, 0.25) is 0 Å². The third-order valence-electron chi connectivity index (χ3n) is 4.41. The van der Waals surface area contributed by atoms with Crippen molar-refractivity contribution in [2.45, 2.75) is 47.6 Å². The maximum absolute atomic E-state index is 12.1. The van der Waals surface area contributed by atoms with Gasteiger partial charge < -0.3 is 25.0 Å². The van der Waals surface area contributed by atoms with Crippen molar-refractivity contribution in [3.8, 4) is 5.75 Å². The Morgan fingerprint density at radius 1 is 1.10 bits per heavy atom. The van der Waals surface area contributed by atoms with Gasteiger partial charge in [-0.05, 0) is 46.2 Å². The second kappa shape index (κ2) is 14.7. The van der Waals surface area contributed by atoms with Crippen molar-refractivity contribution < 1.29 is 14.3 Å². The summed E-state index contributed by atoms with van der Waals surface area (Å²) in [5.41, 5.74) is 2.16. The Balaban J connectivity index is 2.68. The highest BCUT2D eigenvalue weighted by Gasteiger charge is 2.09. The number of benzene rings is 1. The first-order valence-electron chi connectivity index (χ1n) is 10.7. The Hall–Kier alpha value is -2.28. The van der Waals surface area contributed by atoms with Crippen molar-refractivity contribution in [3.63, 3.8) is 0 Å². The fourth-order valence-corrected chi connectivity index (χ4v) is 2.81. The summed E-state index contributed by atoms with van der Waals surface area (Å²) in [6.45, 7) is 15.1. The molecular formula is C22H38N4O3. The van der Waals surface area contributed by atoms with Crippen LogP contribution in [-0.2, 0) is 16.1 Å². The number of carbonyl (C=O) groups is 1. The smallest absolute Gasteiger partial charge is 0.224 e. The van der Waals surface area contributed by atoms with Gasteiger partial charge in [0, 0.05) is 44.8 Å². The van der Waals surface area contributed by atoms with Crippen LogP contribution in [0.1, 0.15) is 45.2 Å². The van der Waals surface area contributed by atoms with Gasteiger partial charge in [-0.25, -0.2) is 4.99 Å². The van der Waals surface area contributed by atoms with E-state index in [0.29, 0.717) is 45.3 Å². The maximum atomic E-state index is 12.1. The molecular weight excluding hydrogens is 368 g/mol. The quantitative estimate of drug-likeness (QED) is 0.299. The van der Waals surface area contributed by atoms with Gasteiger partial charge in [0.2, 0.25) is 5.91 Å². The molecule has 0 bridgehead atoms. The van der Waals surface area contributed by atoms with Gasteiger partial charge in [-0.2, -0.15) is 0 Å². The summed E-state index contributed by atoms with van der Waals surface area (Å²) in [6, 6.07) is 6.13. The number of hydrogen-bond donors (Lipinski definition) is 2. The molecule has 0 atom stereocenters. The molecule has 1 amide bonds. The summed E-state index contributed by atoms with van der Waals surface area (Å²) in [4.78, 5) is 18.6. The Kier molecular flexibility index (Phi) is 12.5. The van der Waals surface area contributed by atoms with Crippen LogP contribution in [0.25, 0.3) is 0 Å². The van der Waals surface area contributed by atoms with Gasteiger partial charge in [0.25, 0.3) is 0 Å². The van der Waals surface area contributed by atoms with E-state index in [1.54, 1.807) is 0 Å². The average Bonchev–Trinajstić information content (AvgIpc) is 2.71. The lowest BCUT2D eigenvalue weighted by molar-refractivity contribution is -0.130. The van der Waals surface area contributed by atoms with Crippen LogP contribution < -0.4 is 15.4 Å². The van der Waals surface area contributed by atoms with E-state index >= 15 is 0 Å². The third-order valence-corrected chi connectivity index (χ3v) is 4.41. The molecule has 7 nitrogen and oxygen atoms in total. The van der Waals surface area contributed by atoms with Gasteiger partial charge in [-0.15, -0.1) is 0 Å². The normalized spacial score (nSPS) is 11.3. The number of nitrogens with one attached hydrogen (secondary N) is 2. The third kappa shape index (κ3) is 9.65. The van der Waals surface area contributed by atoms with E-state index in [-0.39, 0.29) is 5.91 Å². The number of guanidine groups is 1. The molecule has 1 aromatic rings. The molecule has 0 unspecified atom stereocenters. The number of aryl methyl sites for hydroxylation is 1. The highest BCUT2D eigenvalue weighted by Crippen LogP contribution is 2.21. The van der Waals surface area contributed by atoms with E-state index in [9.17, 15) is 4.79 Å². The van der Waals surface area contributed by atoms with E-state index in [4.69, 9.17) is 9.47 Å². The first kappa shape index (κ1) is 24.8. The lowest BCUT2D eigenvalue weighted by atomic mass is 10.1. The van der Waals surface area contributed by atoms with Gasteiger partial charge in [0.05, 0.1) is 13.2 Å². The van der Waals surface area contributed by atoms with E-state index in [1.807, 2.05) is 51.7 Å². The van der Waals surface area contributed by atoms with Crippen LogP contribution in [0, 0.1) is 6.92 Å². The second-order valence-corrected chi connectivity index (χ2v) is 6.59. The molecule has 164 valence electrons. The minimum atomic E-state index is 0.155. The highest BCUT2D eigenvalue weighted by molar-refractivity contribution is 5.81. The van der Waals surface area contributed by atoms with Crippen LogP contribution >= 0.6 is 0 Å². The first-order chi connectivity index (χ1) is 14.0. The largest absolute Gasteiger partial charge is 0.491 e. The van der Waals surface area contributed by atoms with Crippen LogP contribution in [-0.4, -0.2) is 62.8 Å². The molecule has 0 aromatic heterocycles. The topological polar surface area (TPSA) is 75.2 Å². The number of rotatable bonds is 13. The minimum Gasteiger partial charge on any atom is -0.491 e. The minimum absolute atomic E-state index is 0.155. The lowest BCUT2D eigenvalue weighted by Gasteiger charge is -2.19. The molecule has 2 N–H and O–H groups in total. The molecule has 0 aliphatic carbocycles. The van der Waals surface area contributed by atoms with Crippen molar-refractivity contribution in [1.29, 1.82) is 0 Å². The molecule has 1 aromatic carbocycles. The molecule has 7 heteroatoms. The van der Waals surface area contributed by atoms with E-state index in [2.05, 4.69) is 21.7 Å². The Bertz CT molecular complexity index is 630. The zero-order valence-corrected chi connectivity index (χ0v) is 18.7. The summed E-state index contributed by atoms with van der Waals surface area (Å²) in [7, 11) is 0. The number of amides is 1. The predicted molar refractivity (Wildman–Crippen MR) is 119 cm³/mol. The van der Waals surface area contributed by atoms with Crippen LogP contribution in [0.3, 0.4) is 0 Å². The van der Waals surface area contributed by atoms with Crippen molar-refractivity contribution in [2.24, 2.45) is 4.99 Å². The van der Waals surface area contributed by atoms with Crippen molar-refractivity contribution in [2.75, 3.05) is 46.0 Å². The van der Waals surface area contributed by atoms with Gasteiger partial charge in [0.15, 0.2) is 5.96 Å². The fourth-order valence-electron chi connectivity index (χ4n) is 2.81. The molecule has 0 aliphatic rings. The van der Waals surface area contributed by atoms with Crippen LogP contribution in [0.4, 0.5) is 0 Å². The SMILES string of the molecule is CCNC(=NCc1ccc(C)cc1OCCOCC)NCCC(=O)N(CC)CC. The van der Waals surface area contributed by atoms with Crippen molar-refractivity contribution in [1.82, 2.24) is 15.5 Å². The maximum Gasteiger partial charge on any atom is 0.224 e. The molecule has 1 rings (SSSR count).